The molecular weight excluding hydrogens is 208 g/mol. The van der Waals surface area contributed by atoms with Gasteiger partial charge in [0.05, 0.1) is 0 Å². The smallest absolute Gasteiger partial charge is 0.130 e. The summed E-state index contributed by atoms with van der Waals surface area (Å²) in [6.45, 7) is 4.01. The van der Waals surface area contributed by atoms with Crippen LogP contribution in [0.2, 0.25) is 0 Å². The van der Waals surface area contributed by atoms with Crippen LogP contribution in [-0.4, -0.2) is 18.0 Å². The molecule has 1 heterocycles. The topological polar surface area (TPSA) is 3.24 Å². The van der Waals surface area contributed by atoms with E-state index in [4.69, 9.17) is 0 Å². The Balaban J connectivity index is 2.15. The van der Waals surface area contributed by atoms with Gasteiger partial charge in [0.25, 0.3) is 0 Å². The van der Waals surface area contributed by atoms with Crippen LogP contribution in [0.5, 0.6) is 0 Å². The number of halogens is 2. The predicted molar refractivity (Wildman–Crippen MR) is 60.2 cm³/mol. The molecule has 88 valence electrons. The van der Waals surface area contributed by atoms with E-state index in [-0.39, 0.29) is 6.04 Å². The first-order valence-electron chi connectivity index (χ1n) is 5.87. The van der Waals surface area contributed by atoms with Gasteiger partial charge < -0.3 is 0 Å². The summed E-state index contributed by atoms with van der Waals surface area (Å²) in [4.78, 5) is 2.26. The van der Waals surface area contributed by atoms with Gasteiger partial charge in [-0.15, -0.1) is 0 Å². The van der Waals surface area contributed by atoms with Crippen molar-refractivity contribution >= 4 is 0 Å². The van der Waals surface area contributed by atoms with Crippen LogP contribution >= 0.6 is 0 Å². The molecule has 16 heavy (non-hydrogen) atoms. The van der Waals surface area contributed by atoms with Crippen LogP contribution in [0, 0.1) is 11.6 Å². The SMILES string of the molecule is CC(c1ccc(F)cc1F)N1CCCCC1. The molecule has 0 N–H and O–H groups in total. The Hall–Kier alpha value is -0.960. The van der Waals surface area contributed by atoms with Gasteiger partial charge in [0, 0.05) is 17.7 Å². The van der Waals surface area contributed by atoms with E-state index in [1.165, 1.54) is 25.3 Å². The average Bonchev–Trinajstić information content (AvgIpc) is 2.29. The normalized spacial score (nSPS) is 19.7. The molecule has 1 aliphatic rings. The maximum atomic E-state index is 13.6. The molecule has 2 rings (SSSR count). The number of benzene rings is 1. The fourth-order valence-electron chi connectivity index (χ4n) is 2.34. The largest absolute Gasteiger partial charge is 0.297 e. The standard InChI is InChI=1S/C13H17F2N/c1-10(16-7-3-2-4-8-16)12-6-5-11(14)9-13(12)15/h5-6,9-10H,2-4,7-8H2,1H3. The molecule has 3 heteroatoms. The Morgan fingerprint density at radius 1 is 1.12 bits per heavy atom. The molecule has 0 amide bonds. The van der Waals surface area contributed by atoms with Crippen molar-refractivity contribution in [3.63, 3.8) is 0 Å². The van der Waals surface area contributed by atoms with Crippen molar-refractivity contribution in [1.29, 1.82) is 0 Å². The van der Waals surface area contributed by atoms with Gasteiger partial charge in [0.15, 0.2) is 0 Å². The van der Waals surface area contributed by atoms with Crippen LogP contribution in [0.25, 0.3) is 0 Å². The van der Waals surface area contributed by atoms with E-state index in [1.807, 2.05) is 6.92 Å². The number of rotatable bonds is 2. The van der Waals surface area contributed by atoms with Gasteiger partial charge in [0.2, 0.25) is 0 Å². The van der Waals surface area contributed by atoms with Crippen molar-refractivity contribution < 1.29 is 8.78 Å². The van der Waals surface area contributed by atoms with E-state index < -0.39 is 11.6 Å². The van der Waals surface area contributed by atoms with Gasteiger partial charge in [-0.3, -0.25) is 4.90 Å². The first-order chi connectivity index (χ1) is 7.68. The second kappa shape index (κ2) is 4.91. The van der Waals surface area contributed by atoms with Crippen molar-refractivity contribution in [3.8, 4) is 0 Å². The molecule has 1 atom stereocenters. The number of hydrogen-bond donors (Lipinski definition) is 0. The summed E-state index contributed by atoms with van der Waals surface area (Å²) in [6, 6.07) is 3.90. The molecule has 1 unspecified atom stereocenters. The molecule has 1 aliphatic heterocycles. The molecular formula is C13H17F2N. The van der Waals surface area contributed by atoms with Gasteiger partial charge in [-0.2, -0.15) is 0 Å². The first-order valence-corrected chi connectivity index (χ1v) is 5.87. The molecule has 1 fully saturated rings. The quantitative estimate of drug-likeness (QED) is 0.744. The minimum absolute atomic E-state index is 0.0425. The zero-order chi connectivity index (χ0) is 11.5. The van der Waals surface area contributed by atoms with E-state index in [9.17, 15) is 8.78 Å². The van der Waals surface area contributed by atoms with E-state index in [0.29, 0.717) is 5.56 Å². The molecule has 0 aromatic heterocycles. The monoisotopic (exact) mass is 225 g/mol. The van der Waals surface area contributed by atoms with Crippen LogP contribution < -0.4 is 0 Å². The Labute approximate surface area is 95.1 Å². The van der Waals surface area contributed by atoms with Gasteiger partial charge in [-0.1, -0.05) is 12.5 Å². The van der Waals surface area contributed by atoms with Gasteiger partial charge >= 0.3 is 0 Å². The molecule has 1 saturated heterocycles. The van der Waals surface area contributed by atoms with Gasteiger partial charge in [-0.25, -0.2) is 8.78 Å². The van der Waals surface area contributed by atoms with Crippen LogP contribution in [0.3, 0.4) is 0 Å². The number of likely N-dealkylation sites (tertiary alicyclic amines) is 1. The fraction of sp³-hybridized carbons (Fsp3) is 0.538. The fourth-order valence-corrected chi connectivity index (χ4v) is 2.34. The highest BCUT2D eigenvalue weighted by Gasteiger charge is 2.20. The molecule has 0 saturated carbocycles. The molecule has 0 aliphatic carbocycles. The molecule has 0 radical (unpaired) electrons. The summed E-state index contributed by atoms with van der Waals surface area (Å²) < 4.78 is 26.4. The molecule has 0 bridgehead atoms. The maximum absolute atomic E-state index is 13.6. The van der Waals surface area contributed by atoms with E-state index >= 15 is 0 Å². The highest BCUT2D eigenvalue weighted by Crippen LogP contribution is 2.26. The van der Waals surface area contributed by atoms with Crippen molar-refractivity contribution in [2.75, 3.05) is 13.1 Å². The highest BCUT2D eigenvalue weighted by atomic mass is 19.1. The first kappa shape index (κ1) is 11.5. The van der Waals surface area contributed by atoms with Crippen LogP contribution in [-0.2, 0) is 0 Å². The van der Waals surface area contributed by atoms with Crippen LogP contribution in [0.15, 0.2) is 18.2 Å². The van der Waals surface area contributed by atoms with E-state index in [1.54, 1.807) is 6.07 Å². The summed E-state index contributed by atoms with van der Waals surface area (Å²) in [7, 11) is 0. The third-order valence-electron chi connectivity index (χ3n) is 3.35. The number of piperidine rings is 1. The lowest BCUT2D eigenvalue weighted by molar-refractivity contribution is 0.172. The second-order valence-electron chi connectivity index (χ2n) is 4.44. The minimum atomic E-state index is -0.507. The van der Waals surface area contributed by atoms with E-state index in [0.717, 1.165) is 19.2 Å². The third kappa shape index (κ3) is 2.40. The lowest BCUT2D eigenvalue weighted by atomic mass is 10.0. The van der Waals surface area contributed by atoms with Crippen molar-refractivity contribution in [3.05, 3.63) is 35.4 Å². The van der Waals surface area contributed by atoms with Crippen LogP contribution in [0.1, 0.15) is 37.8 Å². The molecule has 0 spiro atoms. The molecule has 1 aromatic carbocycles. The Morgan fingerprint density at radius 3 is 2.44 bits per heavy atom. The molecule has 1 aromatic rings. The Bertz CT molecular complexity index is 359. The lowest BCUT2D eigenvalue weighted by Crippen LogP contribution is -2.32. The van der Waals surface area contributed by atoms with Gasteiger partial charge in [-0.05, 0) is 38.9 Å². The summed E-state index contributed by atoms with van der Waals surface area (Å²) in [5.41, 5.74) is 0.600. The predicted octanol–water partition coefficient (Wildman–Crippen LogP) is 3.51. The lowest BCUT2D eigenvalue weighted by Gasteiger charge is -2.32. The summed E-state index contributed by atoms with van der Waals surface area (Å²) in [5.74, 6) is -0.940. The third-order valence-corrected chi connectivity index (χ3v) is 3.35. The molecule has 1 nitrogen and oxygen atoms in total. The summed E-state index contributed by atoms with van der Waals surface area (Å²) in [6.07, 6.45) is 3.61. The number of hydrogen-bond acceptors (Lipinski definition) is 1. The van der Waals surface area contributed by atoms with Crippen molar-refractivity contribution in [2.24, 2.45) is 0 Å². The highest BCUT2D eigenvalue weighted by molar-refractivity contribution is 5.21. The minimum Gasteiger partial charge on any atom is -0.297 e. The maximum Gasteiger partial charge on any atom is 0.130 e. The second-order valence-corrected chi connectivity index (χ2v) is 4.44. The van der Waals surface area contributed by atoms with Gasteiger partial charge in [0.1, 0.15) is 11.6 Å². The van der Waals surface area contributed by atoms with E-state index in [2.05, 4.69) is 4.90 Å². The summed E-state index contributed by atoms with van der Waals surface area (Å²) >= 11 is 0. The summed E-state index contributed by atoms with van der Waals surface area (Å²) in [5, 5.41) is 0. The van der Waals surface area contributed by atoms with Crippen molar-refractivity contribution in [2.45, 2.75) is 32.2 Å². The number of nitrogens with zero attached hydrogens (tertiary/aromatic N) is 1. The zero-order valence-corrected chi connectivity index (χ0v) is 9.55. The average molecular weight is 225 g/mol. The van der Waals surface area contributed by atoms with Crippen LogP contribution in [0.4, 0.5) is 8.78 Å². The Morgan fingerprint density at radius 2 is 1.81 bits per heavy atom. The Kier molecular flexibility index (Phi) is 3.54. The zero-order valence-electron chi connectivity index (χ0n) is 9.55. The van der Waals surface area contributed by atoms with Crippen molar-refractivity contribution in [1.82, 2.24) is 4.90 Å².